The molecule has 0 aliphatic carbocycles. The third-order valence-electron chi connectivity index (χ3n) is 4.63. The van der Waals surface area contributed by atoms with Crippen molar-refractivity contribution >= 4 is 23.2 Å². The highest BCUT2D eigenvalue weighted by Crippen LogP contribution is 2.21. The number of rotatable bonds is 9. The van der Waals surface area contributed by atoms with Gasteiger partial charge in [-0.2, -0.15) is 0 Å². The SMILES string of the molecule is C=CCNC(=O)CN1CCN(CCC(=O)Nc2ccc([N+](=O)[O-])cc2C)CC1. The van der Waals surface area contributed by atoms with Crippen LogP contribution in [0.25, 0.3) is 0 Å². The molecule has 1 saturated heterocycles. The van der Waals surface area contributed by atoms with Gasteiger partial charge in [-0.3, -0.25) is 24.6 Å². The van der Waals surface area contributed by atoms with Crippen molar-refractivity contribution in [1.82, 2.24) is 15.1 Å². The molecule has 1 aliphatic rings. The summed E-state index contributed by atoms with van der Waals surface area (Å²) in [5.41, 5.74) is 1.25. The quantitative estimate of drug-likeness (QED) is 0.373. The van der Waals surface area contributed by atoms with Gasteiger partial charge in [0.25, 0.3) is 5.69 Å². The van der Waals surface area contributed by atoms with E-state index in [0.717, 1.165) is 26.2 Å². The number of carbonyl (C=O) groups is 2. The van der Waals surface area contributed by atoms with Gasteiger partial charge in [-0.1, -0.05) is 6.08 Å². The van der Waals surface area contributed by atoms with Gasteiger partial charge in [0.05, 0.1) is 11.5 Å². The molecule has 1 fully saturated rings. The third-order valence-corrected chi connectivity index (χ3v) is 4.63. The van der Waals surface area contributed by atoms with Gasteiger partial charge in [-0.05, 0) is 18.6 Å². The summed E-state index contributed by atoms with van der Waals surface area (Å²) in [4.78, 5) is 38.5. The summed E-state index contributed by atoms with van der Waals surface area (Å²) in [5.74, 6) is -0.130. The van der Waals surface area contributed by atoms with Crippen molar-refractivity contribution in [2.24, 2.45) is 0 Å². The Bertz CT molecular complexity index is 729. The van der Waals surface area contributed by atoms with Crippen LogP contribution in [0.1, 0.15) is 12.0 Å². The summed E-state index contributed by atoms with van der Waals surface area (Å²) < 4.78 is 0. The molecular formula is C19H27N5O4. The number of hydrogen-bond acceptors (Lipinski definition) is 6. The average molecular weight is 389 g/mol. The molecule has 0 bridgehead atoms. The number of nitrogens with zero attached hydrogens (tertiary/aromatic N) is 3. The fourth-order valence-electron chi connectivity index (χ4n) is 2.99. The van der Waals surface area contributed by atoms with Gasteiger partial charge >= 0.3 is 0 Å². The first-order chi connectivity index (χ1) is 13.4. The van der Waals surface area contributed by atoms with E-state index in [-0.39, 0.29) is 17.5 Å². The Morgan fingerprint density at radius 3 is 2.50 bits per heavy atom. The number of nitro benzene ring substituents is 1. The molecule has 0 saturated carbocycles. The summed E-state index contributed by atoms with van der Waals surface area (Å²) in [7, 11) is 0. The van der Waals surface area contributed by atoms with Crippen molar-refractivity contribution in [3.05, 3.63) is 46.5 Å². The molecule has 9 nitrogen and oxygen atoms in total. The number of non-ortho nitro benzene ring substituents is 1. The van der Waals surface area contributed by atoms with Gasteiger partial charge in [-0.25, -0.2) is 0 Å². The topological polar surface area (TPSA) is 108 Å². The number of anilines is 1. The molecule has 0 atom stereocenters. The van der Waals surface area contributed by atoms with Crippen molar-refractivity contribution in [2.75, 3.05) is 51.1 Å². The highest BCUT2D eigenvalue weighted by Gasteiger charge is 2.19. The Hall–Kier alpha value is -2.78. The highest BCUT2D eigenvalue weighted by molar-refractivity contribution is 5.91. The van der Waals surface area contributed by atoms with Crippen LogP contribution in [0.2, 0.25) is 0 Å². The first-order valence-corrected chi connectivity index (χ1v) is 9.26. The van der Waals surface area contributed by atoms with E-state index in [0.29, 0.717) is 37.3 Å². The van der Waals surface area contributed by atoms with Crippen molar-refractivity contribution < 1.29 is 14.5 Å². The van der Waals surface area contributed by atoms with Gasteiger partial charge in [-0.15, -0.1) is 6.58 Å². The zero-order valence-corrected chi connectivity index (χ0v) is 16.1. The minimum atomic E-state index is -0.457. The Labute approximate surface area is 164 Å². The summed E-state index contributed by atoms with van der Waals surface area (Å²) in [5, 5.41) is 16.4. The van der Waals surface area contributed by atoms with Crippen molar-refractivity contribution in [3.8, 4) is 0 Å². The number of hydrogen-bond donors (Lipinski definition) is 2. The van der Waals surface area contributed by atoms with Crippen LogP contribution in [0.4, 0.5) is 11.4 Å². The molecule has 0 unspecified atom stereocenters. The Morgan fingerprint density at radius 2 is 1.89 bits per heavy atom. The minimum Gasteiger partial charge on any atom is -0.352 e. The highest BCUT2D eigenvalue weighted by atomic mass is 16.6. The predicted molar refractivity (Wildman–Crippen MR) is 107 cm³/mol. The molecule has 152 valence electrons. The molecule has 28 heavy (non-hydrogen) atoms. The number of piperazine rings is 1. The standard InChI is InChI=1S/C19H27N5O4/c1-3-7-20-19(26)14-23-11-9-22(10-12-23)8-6-18(25)21-17-5-4-16(24(27)28)13-15(17)2/h3-5,13H,1,6-12,14H2,2H3,(H,20,26)(H,21,25). The fourth-order valence-corrected chi connectivity index (χ4v) is 2.99. The number of amides is 2. The van der Waals surface area contributed by atoms with E-state index in [1.807, 2.05) is 0 Å². The van der Waals surface area contributed by atoms with E-state index in [9.17, 15) is 19.7 Å². The van der Waals surface area contributed by atoms with Crippen molar-refractivity contribution in [3.63, 3.8) is 0 Å². The van der Waals surface area contributed by atoms with E-state index in [1.165, 1.54) is 12.1 Å². The maximum Gasteiger partial charge on any atom is 0.269 e. The smallest absolute Gasteiger partial charge is 0.269 e. The number of nitro groups is 1. The maximum atomic E-state index is 12.2. The lowest BCUT2D eigenvalue weighted by molar-refractivity contribution is -0.384. The molecule has 0 radical (unpaired) electrons. The molecule has 2 amide bonds. The van der Waals surface area contributed by atoms with Crippen LogP contribution in [-0.4, -0.2) is 72.4 Å². The second-order valence-electron chi connectivity index (χ2n) is 6.77. The number of aryl methyl sites for hydroxylation is 1. The maximum absolute atomic E-state index is 12.2. The van der Waals surface area contributed by atoms with Gasteiger partial charge in [0.2, 0.25) is 11.8 Å². The minimum absolute atomic E-state index is 0.00606. The Morgan fingerprint density at radius 1 is 1.21 bits per heavy atom. The van der Waals surface area contributed by atoms with Crippen molar-refractivity contribution in [1.29, 1.82) is 0 Å². The van der Waals surface area contributed by atoms with Crippen LogP contribution in [-0.2, 0) is 9.59 Å². The molecule has 0 spiro atoms. The van der Waals surface area contributed by atoms with Gasteiger partial charge in [0.15, 0.2) is 0 Å². The van der Waals surface area contributed by atoms with E-state index in [4.69, 9.17) is 0 Å². The van der Waals surface area contributed by atoms with E-state index < -0.39 is 4.92 Å². The Kier molecular flexibility index (Phi) is 8.09. The number of nitrogens with one attached hydrogen (secondary N) is 2. The lowest BCUT2D eigenvalue weighted by atomic mass is 10.1. The van der Waals surface area contributed by atoms with Crippen molar-refractivity contribution in [2.45, 2.75) is 13.3 Å². The lowest BCUT2D eigenvalue weighted by Gasteiger charge is -2.34. The van der Waals surface area contributed by atoms with E-state index >= 15 is 0 Å². The van der Waals surface area contributed by atoms with Crippen LogP contribution >= 0.6 is 0 Å². The van der Waals surface area contributed by atoms with Gasteiger partial charge < -0.3 is 15.5 Å². The first kappa shape index (κ1) is 21.5. The fraction of sp³-hybridized carbons (Fsp3) is 0.474. The summed E-state index contributed by atoms with van der Waals surface area (Å²) in [6.07, 6.45) is 2.00. The third kappa shape index (κ3) is 6.75. The molecule has 9 heteroatoms. The zero-order chi connectivity index (χ0) is 20.5. The largest absolute Gasteiger partial charge is 0.352 e. The van der Waals surface area contributed by atoms with E-state index in [1.54, 1.807) is 19.1 Å². The molecule has 1 heterocycles. The zero-order valence-electron chi connectivity index (χ0n) is 16.1. The lowest BCUT2D eigenvalue weighted by Crippen LogP contribution is -2.49. The Balaban J connectivity index is 1.70. The van der Waals surface area contributed by atoms with Gasteiger partial charge in [0, 0.05) is 63.5 Å². The molecule has 1 aromatic carbocycles. The predicted octanol–water partition coefficient (Wildman–Crippen LogP) is 1.15. The molecule has 0 aromatic heterocycles. The van der Waals surface area contributed by atoms with Crippen LogP contribution in [0.5, 0.6) is 0 Å². The summed E-state index contributed by atoms with van der Waals surface area (Å²) >= 11 is 0. The first-order valence-electron chi connectivity index (χ1n) is 9.26. The van der Waals surface area contributed by atoms with Crippen LogP contribution < -0.4 is 10.6 Å². The van der Waals surface area contributed by atoms with E-state index in [2.05, 4.69) is 27.0 Å². The monoisotopic (exact) mass is 389 g/mol. The van der Waals surface area contributed by atoms with Crippen LogP contribution in [0.15, 0.2) is 30.9 Å². The second-order valence-corrected chi connectivity index (χ2v) is 6.77. The number of benzene rings is 1. The molecule has 1 aromatic rings. The molecule has 2 rings (SSSR count). The molecule has 2 N–H and O–H groups in total. The number of carbonyl (C=O) groups excluding carboxylic acids is 2. The summed E-state index contributed by atoms with van der Waals surface area (Å²) in [6, 6.07) is 4.38. The second kappa shape index (κ2) is 10.5. The average Bonchev–Trinajstić information content (AvgIpc) is 2.67. The van der Waals surface area contributed by atoms with Crippen LogP contribution in [0, 0.1) is 17.0 Å². The molecule has 1 aliphatic heterocycles. The van der Waals surface area contributed by atoms with Crippen LogP contribution in [0.3, 0.4) is 0 Å². The van der Waals surface area contributed by atoms with Gasteiger partial charge in [0.1, 0.15) is 0 Å². The molecular weight excluding hydrogens is 362 g/mol. The summed E-state index contributed by atoms with van der Waals surface area (Å²) in [6.45, 7) is 9.96. The normalized spacial score (nSPS) is 15.0.